The first-order valence-electron chi connectivity index (χ1n) is 8.05. The van der Waals surface area contributed by atoms with Crippen LogP contribution in [0.4, 0.5) is 0 Å². The molecule has 1 unspecified atom stereocenters. The van der Waals surface area contributed by atoms with Crippen LogP contribution in [-0.4, -0.2) is 50.8 Å². The summed E-state index contributed by atoms with van der Waals surface area (Å²) < 4.78 is 10.6. The van der Waals surface area contributed by atoms with Crippen molar-refractivity contribution in [3.63, 3.8) is 0 Å². The minimum Gasteiger partial charge on any atom is -0.497 e. The van der Waals surface area contributed by atoms with E-state index in [4.69, 9.17) is 9.47 Å². The molecular formula is C18H23ClN2O3S. The second-order valence-electron chi connectivity index (χ2n) is 5.62. The predicted molar refractivity (Wildman–Crippen MR) is 102 cm³/mol. The van der Waals surface area contributed by atoms with Gasteiger partial charge in [-0.25, -0.2) is 0 Å². The average Bonchev–Trinajstić information content (AvgIpc) is 3.17. The topological polar surface area (TPSA) is 50.8 Å². The normalized spacial score (nSPS) is 15.9. The van der Waals surface area contributed by atoms with Gasteiger partial charge >= 0.3 is 0 Å². The molecule has 1 N–H and O–H groups in total. The van der Waals surface area contributed by atoms with Gasteiger partial charge in [0.25, 0.3) is 5.91 Å². The first-order valence-corrected chi connectivity index (χ1v) is 8.93. The van der Waals surface area contributed by atoms with Gasteiger partial charge in [0.1, 0.15) is 5.75 Å². The summed E-state index contributed by atoms with van der Waals surface area (Å²) in [7, 11) is 1.60. The molecule has 1 amide bonds. The number of ether oxygens (including phenoxy) is 2. The zero-order valence-corrected chi connectivity index (χ0v) is 15.8. The van der Waals surface area contributed by atoms with E-state index >= 15 is 0 Å². The first-order chi connectivity index (χ1) is 11.8. The summed E-state index contributed by atoms with van der Waals surface area (Å²) in [6.07, 6.45) is 0. The van der Waals surface area contributed by atoms with Gasteiger partial charge in [-0.2, -0.15) is 0 Å². The molecule has 0 radical (unpaired) electrons. The number of amides is 1. The van der Waals surface area contributed by atoms with Gasteiger partial charge in [-0.15, -0.1) is 23.7 Å². The van der Waals surface area contributed by atoms with Crippen LogP contribution in [-0.2, 0) is 4.74 Å². The van der Waals surface area contributed by atoms with E-state index in [1.165, 1.54) is 4.88 Å². The van der Waals surface area contributed by atoms with Crippen LogP contribution in [0.2, 0.25) is 0 Å². The van der Waals surface area contributed by atoms with Crippen LogP contribution in [0, 0.1) is 0 Å². The number of rotatable bonds is 6. The van der Waals surface area contributed by atoms with Crippen LogP contribution < -0.4 is 10.1 Å². The van der Waals surface area contributed by atoms with Gasteiger partial charge in [-0.3, -0.25) is 9.69 Å². The summed E-state index contributed by atoms with van der Waals surface area (Å²) in [6, 6.07) is 11.6. The number of carbonyl (C=O) groups excluding carboxylic acids is 1. The van der Waals surface area contributed by atoms with Crippen molar-refractivity contribution >= 4 is 29.7 Å². The maximum atomic E-state index is 12.5. The molecule has 3 rings (SSSR count). The minimum atomic E-state index is -0.0799. The average molecular weight is 383 g/mol. The van der Waals surface area contributed by atoms with Gasteiger partial charge in [0.2, 0.25) is 0 Å². The van der Waals surface area contributed by atoms with Gasteiger partial charge < -0.3 is 14.8 Å². The molecule has 5 nitrogen and oxygen atoms in total. The number of nitrogens with zero attached hydrogens (tertiary/aromatic N) is 1. The third kappa shape index (κ3) is 5.19. The lowest BCUT2D eigenvalue weighted by Crippen LogP contribution is -2.43. The Morgan fingerprint density at radius 3 is 2.80 bits per heavy atom. The molecule has 2 aromatic rings. The van der Waals surface area contributed by atoms with Crippen LogP contribution in [0.3, 0.4) is 0 Å². The van der Waals surface area contributed by atoms with Crippen LogP contribution in [0.25, 0.3) is 0 Å². The largest absolute Gasteiger partial charge is 0.497 e. The number of benzene rings is 1. The highest BCUT2D eigenvalue weighted by molar-refractivity contribution is 7.10. The van der Waals surface area contributed by atoms with Crippen LogP contribution in [0.15, 0.2) is 41.8 Å². The summed E-state index contributed by atoms with van der Waals surface area (Å²) >= 11 is 1.72. The van der Waals surface area contributed by atoms with Crippen molar-refractivity contribution in [2.75, 3.05) is 40.0 Å². The van der Waals surface area contributed by atoms with E-state index in [1.54, 1.807) is 30.6 Å². The number of methoxy groups -OCH3 is 1. The molecule has 0 saturated carbocycles. The SMILES string of the molecule is COc1cccc(C(=O)NCC(c2cccs2)N2CCOCC2)c1.Cl. The van der Waals surface area contributed by atoms with Gasteiger partial charge in [-0.05, 0) is 29.6 Å². The van der Waals surface area contributed by atoms with Crippen molar-refractivity contribution in [3.8, 4) is 5.75 Å². The molecule has 25 heavy (non-hydrogen) atoms. The van der Waals surface area contributed by atoms with Crippen molar-refractivity contribution in [1.29, 1.82) is 0 Å². The summed E-state index contributed by atoms with van der Waals surface area (Å²) in [5, 5.41) is 5.14. The van der Waals surface area contributed by atoms with E-state index in [9.17, 15) is 4.79 Å². The summed E-state index contributed by atoms with van der Waals surface area (Å²) in [6.45, 7) is 3.84. The molecule has 1 aliphatic rings. The Bertz CT molecular complexity index is 660. The third-order valence-electron chi connectivity index (χ3n) is 4.15. The molecule has 0 aliphatic carbocycles. The lowest BCUT2D eigenvalue weighted by Gasteiger charge is -2.34. The first kappa shape index (κ1) is 19.7. The zero-order valence-electron chi connectivity index (χ0n) is 14.1. The standard InChI is InChI=1S/C18H22N2O3S.ClH/c1-22-15-5-2-4-14(12-15)18(21)19-13-16(17-6-3-11-24-17)20-7-9-23-10-8-20;/h2-6,11-12,16H,7-10,13H2,1H3,(H,19,21);1H. The van der Waals surface area contributed by atoms with Crippen LogP contribution in [0.1, 0.15) is 21.3 Å². The van der Waals surface area contributed by atoms with Gasteiger partial charge in [-0.1, -0.05) is 12.1 Å². The molecule has 1 aromatic heterocycles. The molecule has 7 heteroatoms. The summed E-state index contributed by atoms with van der Waals surface area (Å²) in [4.78, 5) is 16.1. The number of carbonyl (C=O) groups is 1. The Morgan fingerprint density at radius 1 is 1.32 bits per heavy atom. The molecule has 136 valence electrons. The van der Waals surface area contributed by atoms with Gasteiger partial charge in [0, 0.05) is 30.1 Å². The number of hydrogen-bond donors (Lipinski definition) is 1. The molecule has 0 spiro atoms. The highest BCUT2D eigenvalue weighted by atomic mass is 35.5. The second kappa shape index (κ2) is 9.77. The second-order valence-corrected chi connectivity index (χ2v) is 6.60. The molecule has 1 aromatic carbocycles. The van der Waals surface area contributed by atoms with Crippen LogP contribution in [0.5, 0.6) is 5.75 Å². The van der Waals surface area contributed by atoms with Crippen molar-refractivity contribution in [2.24, 2.45) is 0 Å². The third-order valence-corrected chi connectivity index (χ3v) is 5.12. The number of halogens is 1. The highest BCUT2D eigenvalue weighted by Gasteiger charge is 2.24. The number of nitrogens with one attached hydrogen (secondary N) is 1. The summed E-state index contributed by atoms with van der Waals surface area (Å²) in [5.41, 5.74) is 0.612. The molecule has 1 saturated heterocycles. The molecule has 1 atom stereocenters. The van der Waals surface area contributed by atoms with Crippen LogP contribution >= 0.6 is 23.7 Å². The molecule has 0 bridgehead atoms. The number of hydrogen-bond acceptors (Lipinski definition) is 5. The Balaban J connectivity index is 0.00000225. The van der Waals surface area contributed by atoms with E-state index in [2.05, 4.69) is 27.7 Å². The number of thiophene rings is 1. The van der Waals surface area contributed by atoms with Crippen molar-refractivity contribution in [1.82, 2.24) is 10.2 Å². The van der Waals surface area contributed by atoms with E-state index in [0.717, 1.165) is 26.3 Å². The van der Waals surface area contributed by atoms with Crippen molar-refractivity contribution < 1.29 is 14.3 Å². The molecule has 1 aliphatic heterocycles. The Hall–Kier alpha value is -1.60. The molecule has 2 heterocycles. The Morgan fingerprint density at radius 2 is 2.12 bits per heavy atom. The lowest BCUT2D eigenvalue weighted by atomic mass is 10.1. The highest BCUT2D eigenvalue weighted by Crippen LogP contribution is 2.25. The molecule has 1 fully saturated rings. The van der Waals surface area contributed by atoms with E-state index < -0.39 is 0 Å². The zero-order chi connectivity index (χ0) is 16.8. The lowest BCUT2D eigenvalue weighted by molar-refractivity contribution is 0.0169. The van der Waals surface area contributed by atoms with Crippen molar-refractivity contribution in [3.05, 3.63) is 52.2 Å². The summed E-state index contributed by atoms with van der Waals surface area (Å²) in [5.74, 6) is 0.606. The minimum absolute atomic E-state index is 0. The fraction of sp³-hybridized carbons (Fsp3) is 0.389. The van der Waals surface area contributed by atoms with Gasteiger partial charge in [0.05, 0.1) is 26.4 Å². The fourth-order valence-corrected chi connectivity index (χ4v) is 3.70. The van der Waals surface area contributed by atoms with E-state index in [0.29, 0.717) is 17.9 Å². The Labute approximate surface area is 158 Å². The van der Waals surface area contributed by atoms with E-state index in [-0.39, 0.29) is 24.4 Å². The predicted octanol–water partition coefficient (Wildman–Crippen LogP) is 2.98. The van der Waals surface area contributed by atoms with E-state index in [1.807, 2.05) is 12.1 Å². The smallest absolute Gasteiger partial charge is 0.251 e. The van der Waals surface area contributed by atoms with Crippen molar-refractivity contribution in [2.45, 2.75) is 6.04 Å². The monoisotopic (exact) mass is 382 g/mol. The quantitative estimate of drug-likeness (QED) is 0.834. The van der Waals surface area contributed by atoms with Gasteiger partial charge in [0.15, 0.2) is 0 Å². The Kier molecular flexibility index (Phi) is 7.71. The molecular weight excluding hydrogens is 360 g/mol. The maximum Gasteiger partial charge on any atom is 0.251 e. The fourth-order valence-electron chi connectivity index (χ4n) is 2.84. The number of morpholine rings is 1. The maximum absolute atomic E-state index is 12.5.